The molecule has 0 bridgehead atoms. The SMILES string of the molecule is Cc1cc(O)c(C2=Nc3ccccc3S[C@@H](c3cccc(F)c3)C2)c(=O)o1. The first-order chi connectivity index (χ1) is 13.0. The lowest BCUT2D eigenvalue weighted by molar-refractivity contribution is 0.432. The van der Waals surface area contributed by atoms with E-state index in [9.17, 15) is 14.3 Å². The van der Waals surface area contributed by atoms with Gasteiger partial charge in [0.05, 0.1) is 11.4 Å². The number of para-hydroxylation sites is 1. The molecule has 3 aromatic rings. The zero-order chi connectivity index (χ0) is 19.0. The van der Waals surface area contributed by atoms with Crippen LogP contribution in [0.4, 0.5) is 10.1 Å². The second-order valence-electron chi connectivity index (χ2n) is 6.30. The molecule has 0 fully saturated rings. The Balaban J connectivity index is 1.88. The maximum atomic E-state index is 13.8. The van der Waals surface area contributed by atoms with Gasteiger partial charge in [0.2, 0.25) is 0 Å². The number of benzene rings is 2. The molecule has 0 unspecified atom stereocenters. The van der Waals surface area contributed by atoms with E-state index < -0.39 is 5.63 Å². The van der Waals surface area contributed by atoms with Gasteiger partial charge in [-0.15, -0.1) is 11.8 Å². The first-order valence-electron chi connectivity index (χ1n) is 8.44. The Bertz CT molecular complexity index is 1110. The number of fused-ring (bicyclic) bond motifs is 1. The molecule has 4 rings (SSSR count). The first kappa shape index (κ1) is 17.5. The van der Waals surface area contributed by atoms with Crippen LogP contribution in [0.3, 0.4) is 0 Å². The molecule has 27 heavy (non-hydrogen) atoms. The average Bonchev–Trinajstić information content (AvgIpc) is 2.80. The molecular weight excluding hydrogens is 365 g/mol. The van der Waals surface area contributed by atoms with Gasteiger partial charge in [-0.25, -0.2) is 9.18 Å². The van der Waals surface area contributed by atoms with E-state index in [4.69, 9.17) is 4.42 Å². The molecule has 0 radical (unpaired) electrons. The predicted molar refractivity (Wildman–Crippen MR) is 104 cm³/mol. The number of nitrogens with zero attached hydrogens (tertiary/aromatic N) is 1. The van der Waals surface area contributed by atoms with Crippen molar-refractivity contribution < 1.29 is 13.9 Å². The van der Waals surface area contributed by atoms with Crippen molar-refractivity contribution in [1.82, 2.24) is 0 Å². The molecule has 0 saturated carbocycles. The Morgan fingerprint density at radius 1 is 1.19 bits per heavy atom. The molecule has 6 heteroatoms. The van der Waals surface area contributed by atoms with Gasteiger partial charge in [-0.1, -0.05) is 24.3 Å². The minimum absolute atomic E-state index is 0.0549. The number of hydrogen-bond donors (Lipinski definition) is 1. The smallest absolute Gasteiger partial charge is 0.348 e. The molecule has 1 atom stereocenters. The molecule has 136 valence electrons. The fourth-order valence-corrected chi connectivity index (χ4v) is 4.35. The van der Waals surface area contributed by atoms with Crippen LogP contribution in [0.2, 0.25) is 0 Å². The predicted octanol–water partition coefficient (Wildman–Crippen LogP) is 5.15. The van der Waals surface area contributed by atoms with Crippen molar-refractivity contribution in [1.29, 1.82) is 0 Å². The van der Waals surface area contributed by atoms with Crippen molar-refractivity contribution in [3.63, 3.8) is 0 Å². The fraction of sp³-hybridized carbons (Fsp3) is 0.143. The summed E-state index contributed by atoms with van der Waals surface area (Å²) in [5.41, 5.74) is 1.34. The summed E-state index contributed by atoms with van der Waals surface area (Å²) in [6.07, 6.45) is 0.351. The fourth-order valence-electron chi connectivity index (χ4n) is 3.12. The zero-order valence-electron chi connectivity index (χ0n) is 14.5. The topological polar surface area (TPSA) is 62.8 Å². The van der Waals surface area contributed by atoms with Crippen LogP contribution in [-0.2, 0) is 0 Å². The van der Waals surface area contributed by atoms with Crippen LogP contribution in [-0.4, -0.2) is 10.8 Å². The minimum Gasteiger partial charge on any atom is -0.507 e. The second kappa shape index (κ2) is 7.04. The molecule has 1 aliphatic rings. The summed E-state index contributed by atoms with van der Waals surface area (Å²) in [5.74, 6) is -0.154. The minimum atomic E-state index is -0.631. The Morgan fingerprint density at radius 2 is 2.00 bits per heavy atom. The number of aryl methyl sites for hydroxylation is 1. The normalized spacial score (nSPS) is 16.4. The van der Waals surface area contributed by atoms with Crippen LogP contribution < -0.4 is 5.63 Å². The largest absolute Gasteiger partial charge is 0.507 e. The molecule has 1 aromatic heterocycles. The van der Waals surface area contributed by atoms with Crippen LogP contribution in [0.25, 0.3) is 0 Å². The maximum Gasteiger partial charge on any atom is 0.348 e. The van der Waals surface area contributed by atoms with Crippen LogP contribution in [0.1, 0.15) is 28.6 Å². The molecule has 0 amide bonds. The van der Waals surface area contributed by atoms with Gasteiger partial charge >= 0.3 is 5.63 Å². The van der Waals surface area contributed by atoms with Gasteiger partial charge in [0.1, 0.15) is 22.9 Å². The van der Waals surface area contributed by atoms with Gasteiger partial charge in [-0.2, -0.15) is 0 Å². The Hall–Kier alpha value is -2.86. The second-order valence-corrected chi connectivity index (χ2v) is 7.54. The molecule has 1 N–H and O–H groups in total. The molecule has 2 aromatic carbocycles. The van der Waals surface area contributed by atoms with Crippen molar-refractivity contribution in [3.05, 3.63) is 87.7 Å². The van der Waals surface area contributed by atoms with Crippen LogP contribution in [0, 0.1) is 12.7 Å². The highest BCUT2D eigenvalue weighted by molar-refractivity contribution is 7.99. The third-order valence-electron chi connectivity index (χ3n) is 4.33. The van der Waals surface area contributed by atoms with Crippen molar-refractivity contribution in [2.75, 3.05) is 0 Å². The Labute approximate surface area is 159 Å². The van der Waals surface area contributed by atoms with E-state index in [1.54, 1.807) is 24.8 Å². The van der Waals surface area contributed by atoms with E-state index in [1.165, 1.54) is 18.2 Å². The lowest BCUT2D eigenvalue weighted by atomic mass is 10.0. The molecule has 4 nitrogen and oxygen atoms in total. The van der Waals surface area contributed by atoms with Crippen molar-refractivity contribution in [3.8, 4) is 5.75 Å². The van der Waals surface area contributed by atoms with E-state index in [0.29, 0.717) is 23.6 Å². The van der Waals surface area contributed by atoms with Crippen LogP contribution in [0.15, 0.2) is 73.7 Å². The van der Waals surface area contributed by atoms with Gasteiger partial charge in [0, 0.05) is 22.6 Å². The summed E-state index contributed by atoms with van der Waals surface area (Å²) in [6, 6.07) is 15.4. The zero-order valence-corrected chi connectivity index (χ0v) is 15.3. The Morgan fingerprint density at radius 3 is 2.78 bits per heavy atom. The average molecular weight is 381 g/mol. The lowest BCUT2D eigenvalue weighted by Gasteiger charge is -2.16. The van der Waals surface area contributed by atoms with Gasteiger partial charge in [-0.05, 0) is 36.8 Å². The number of hydrogen-bond acceptors (Lipinski definition) is 5. The van der Waals surface area contributed by atoms with Crippen LogP contribution >= 0.6 is 11.8 Å². The third kappa shape index (κ3) is 3.53. The van der Waals surface area contributed by atoms with E-state index in [-0.39, 0.29) is 22.4 Å². The molecule has 0 saturated heterocycles. The molecular formula is C21H16FNO3S. The molecule has 0 spiro atoms. The quantitative estimate of drug-likeness (QED) is 0.667. The van der Waals surface area contributed by atoms with Gasteiger partial charge < -0.3 is 9.52 Å². The monoisotopic (exact) mass is 381 g/mol. The highest BCUT2D eigenvalue weighted by Gasteiger charge is 2.26. The van der Waals surface area contributed by atoms with E-state index in [1.807, 2.05) is 30.3 Å². The Kier molecular flexibility index (Phi) is 4.58. The highest BCUT2D eigenvalue weighted by atomic mass is 32.2. The summed E-state index contributed by atoms with van der Waals surface area (Å²) in [7, 11) is 0. The summed E-state index contributed by atoms with van der Waals surface area (Å²) in [5, 5.41) is 10.2. The summed E-state index contributed by atoms with van der Waals surface area (Å²) in [6.45, 7) is 1.60. The van der Waals surface area contributed by atoms with E-state index in [0.717, 1.165) is 10.5 Å². The van der Waals surface area contributed by atoms with Crippen molar-refractivity contribution in [2.24, 2.45) is 4.99 Å². The molecule has 1 aliphatic heterocycles. The number of aromatic hydroxyl groups is 1. The van der Waals surface area contributed by atoms with Gasteiger partial charge in [0.15, 0.2) is 0 Å². The van der Waals surface area contributed by atoms with E-state index in [2.05, 4.69) is 4.99 Å². The third-order valence-corrected chi connectivity index (χ3v) is 5.65. The maximum absolute atomic E-state index is 13.8. The number of halogens is 1. The number of thioether (sulfide) groups is 1. The van der Waals surface area contributed by atoms with Gasteiger partial charge in [-0.3, -0.25) is 4.99 Å². The summed E-state index contributed by atoms with van der Waals surface area (Å²) < 4.78 is 18.9. The van der Waals surface area contributed by atoms with Crippen LogP contribution in [0.5, 0.6) is 5.75 Å². The number of rotatable bonds is 2. The summed E-state index contributed by atoms with van der Waals surface area (Å²) in [4.78, 5) is 18.0. The molecule has 2 heterocycles. The number of aliphatic imine (C=N–C) groups is 1. The van der Waals surface area contributed by atoms with E-state index >= 15 is 0 Å². The lowest BCUT2D eigenvalue weighted by Crippen LogP contribution is -2.17. The van der Waals surface area contributed by atoms with Gasteiger partial charge in [0.25, 0.3) is 0 Å². The highest BCUT2D eigenvalue weighted by Crippen LogP contribution is 2.45. The standard InChI is InChI=1S/C21H16FNO3S/c1-12-9-17(24)20(21(25)26-12)16-11-19(13-5-4-6-14(22)10-13)27-18-8-3-2-7-15(18)23-16/h2-10,19,24H,11H2,1H3/t19-/m1/s1. The first-order valence-corrected chi connectivity index (χ1v) is 9.32. The summed E-state index contributed by atoms with van der Waals surface area (Å²) >= 11 is 1.56. The van der Waals surface area contributed by atoms with Crippen molar-refractivity contribution >= 4 is 23.2 Å². The molecule has 0 aliphatic carbocycles. The van der Waals surface area contributed by atoms with Crippen molar-refractivity contribution in [2.45, 2.75) is 23.5 Å².